The molecule has 1 aliphatic heterocycles. The Morgan fingerprint density at radius 2 is 2.41 bits per heavy atom. The second kappa shape index (κ2) is 8.62. The summed E-state index contributed by atoms with van der Waals surface area (Å²) in [6, 6.07) is 4.05. The quantitative estimate of drug-likeness (QED) is 0.814. The molecule has 1 aromatic rings. The number of hydrogen-bond donors (Lipinski definition) is 1. The topological polar surface area (TPSA) is 44.8 Å². The van der Waals surface area contributed by atoms with Crippen LogP contribution >= 0.6 is 11.3 Å². The van der Waals surface area contributed by atoms with Crippen molar-refractivity contribution in [3.05, 3.63) is 22.4 Å². The normalized spacial score (nSPS) is 21.0. The number of amides is 1. The van der Waals surface area contributed by atoms with Crippen molar-refractivity contribution in [2.75, 3.05) is 46.9 Å². The second-order valence-electron chi connectivity index (χ2n) is 6.05. The minimum Gasteiger partial charge on any atom is -0.374 e. The Balaban J connectivity index is 1.74. The van der Waals surface area contributed by atoms with Crippen molar-refractivity contribution < 1.29 is 9.53 Å². The van der Waals surface area contributed by atoms with Crippen molar-refractivity contribution in [2.24, 2.45) is 0 Å². The zero-order valence-electron chi connectivity index (χ0n) is 13.7. The molecule has 1 amide bonds. The summed E-state index contributed by atoms with van der Waals surface area (Å²) in [5.41, 5.74) is 0. The maximum atomic E-state index is 12.3. The number of carbonyl (C=O) groups excluding carboxylic acids is 1. The van der Waals surface area contributed by atoms with Crippen LogP contribution in [0.25, 0.3) is 0 Å². The van der Waals surface area contributed by atoms with Gasteiger partial charge in [0.05, 0.1) is 18.8 Å². The van der Waals surface area contributed by atoms with E-state index in [-0.39, 0.29) is 18.1 Å². The van der Waals surface area contributed by atoms with Crippen LogP contribution in [0.15, 0.2) is 17.5 Å². The van der Waals surface area contributed by atoms with Crippen molar-refractivity contribution in [3.63, 3.8) is 0 Å². The molecule has 2 rings (SSSR count). The third-order valence-corrected chi connectivity index (χ3v) is 4.85. The number of nitrogens with zero attached hydrogens (tertiary/aromatic N) is 2. The molecular formula is C16H27N3O2S. The van der Waals surface area contributed by atoms with Gasteiger partial charge in [-0.05, 0) is 38.9 Å². The number of rotatable bonds is 7. The molecule has 0 spiro atoms. The maximum Gasteiger partial charge on any atom is 0.237 e. The van der Waals surface area contributed by atoms with Gasteiger partial charge in [0.25, 0.3) is 0 Å². The van der Waals surface area contributed by atoms with Gasteiger partial charge < -0.3 is 15.0 Å². The molecule has 124 valence electrons. The van der Waals surface area contributed by atoms with Gasteiger partial charge in [0.15, 0.2) is 0 Å². The van der Waals surface area contributed by atoms with Crippen molar-refractivity contribution >= 4 is 17.2 Å². The van der Waals surface area contributed by atoms with Crippen LogP contribution in [-0.4, -0.2) is 74.7 Å². The maximum absolute atomic E-state index is 12.3. The number of likely N-dealkylation sites (N-methyl/N-ethyl adjacent to an activating group) is 1. The Hall–Kier alpha value is -0.950. The predicted octanol–water partition coefficient (Wildman–Crippen LogP) is 1.06. The molecule has 6 heteroatoms. The SMILES string of the molecule is CC(C(=O)NCCc1cccs1)N1CCOC(CN(C)C)C1. The average Bonchev–Trinajstić information content (AvgIpc) is 2.99. The third-order valence-electron chi connectivity index (χ3n) is 3.92. The summed E-state index contributed by atoms with van der Waals surface area (Å²) >= 11 is 1.73. The van der Waals surface area contributed by atoms with E-state index in [1.165, 1.54) is 4.88 Å². The van der Waals surface area contributed by atoms with Gasteiger partial charge in [0.1, 0.15) is 0 Å². The van der Waals surface area contributed by atoms with Gasteiger partial charge in [0, 0.05) is 31.1 Å². The Kier molecular flexibility index (Phi) is 6.82. The molecule has 0 bridgehead atoms. The highest BCUT2D eigenvalue weighted by Gasteiger charge is 2.27. The monoisotopic (exact) mass is 325 g/mol. The molecular weight excluding hydrogens is 298 g/mol. The molecule has 0 aliphatic carbocycles. The first-order valence-corrected chi connectivity index (χ1v) is 8.74. The minimum atomic E-state index is -0.100. The lowest BCUT2D eigenvalue weighted by Gasteiger charge is -2.37. The summed E-state index contributed by atoms with van der Waals surface area (Å²) < 4.78 is 5.77. The zero-order valence-corrected chi connectivity index (χ0v) is 14.6. The third kappa shape index (κ3) is 5.35. The molecule has 0 aromatic carbocycles. The molecule has 0 saturated carbocycles. The lowest BCUT2D eigenvalue weighted by atomic mass is 10.2. The van der Waals surface area contributed by atoms with Gasteiger partial charge in [-0.2, -0.15) is 0 Å². The second-order valence-corrected chi connectivity index (χ2v) is 7.08. The van der Waals surface area contributed by atoms with Gasteiger partial charge in [-0.3, -0.25) is 9.69 Å². The average molecular weight is 325 g/mol. The fraction of sp³-hybridized carbons (Fsp3) is 0.688. The fourth-order valence-corrected chi connectivity index (χ4v) is 3.40. The molecule has 5 nitrogen and oxygen atoms in total. The summed E-state index contributed by atoms with van der Waals surface area (Å²) in [5.74, 6) is 0.113. The van der Waals surface area contributed by atoms with E-state index in [4.69, 9.17) is 4.74 Å². The summed E-state index contributed by atoms with van der Waals surface area (Å²) in [6.07, 6.45) is 1.09. The molecule has 1 fully saturated rings. The summed E-state index contributed by atoms with van der Waals surface area (Å²) in [6.45, 7) is 5.92. The summed E-state index contributed by atoms with van der Waals surface area (Å²) in [7, 11) is 4.09. The molecule has 2 heterocycles. The minimum absolute atomic E-state index is 0.100. The summed E-state index contributed by atoms with van der Waals surface area (Å²) in [5, 5.41) is 5.12. The van der Waals surface area contributed by atoms with Crippen LogP contribution in [0.2, 0.25) is 0 Å². The van der Waals surface area contributed by atoms with E-state index < -0.39 is 0 Å². The highest BCUT2D eigenvalue weighted by atomic mass is 32.1. The van der Waals surface area contributed by atoms with E-state index in [1.807, 2.05) is 27.1 Å². The van der Waals surface area contributed by atoms with Gasteiger partial charge in [0.2, 0.25) is 5.91 Å². The van der Waals surface area contributed by atoms with E-state index in [9.17, 15) is 4.79 Å². The van der Waals surface area contributed by atoms with Crippen LogP contribution in [0.4, 0.5) is 0 Å². The molecule has 2 unspecified atom stereocenters. The standard InChI is InChI=1S/C16H27N3O2S/c1-13(16(20)17-7-6-15-5-4-10-22-15)19-8-9-21-14(12-19)11-18(2)3/h4-5,10,13-14H,6-9,11-12H2,1-3H3,(H,17,20). The first kappa shape index (κ1) is 17.4. The molecule has 0 radical (unpaired) electrons. The van der Waals surface area contributed by atoms with E-state index in [1.54, 1.807) is 11.3 Å². The fourth-order valence-electron chi connectivity index (χ4n) is 2.69. The Labute approximate surface area is 137 Å². The molecule has 22 heavy (non-hydrogen) atoms. The van der Waals surface area contributed by atoms with Crippen molar-refractivity contribution in [2.45, 2.75) is 25.5 Å². The van der Waals surface area contributed by atoms with E-state index in [0.29, 0.717) is 13.2 Å². The Morgan fingerprint density at radius 3 is 3.09 bits per heavy atom. The van der Waals surface area contributed by atoms with Crippen molar-refractivity contribution in [3.8, 4) is 0 Å². The zero-order chi connectivity index (χ0) is 15.9. The van der Waals surface area contributed by atoms with Gasteiger partial charge in [-0.15, -0.1) is 11.3 Å². The van der Waals surface area contributed by atoms with Crippen LogP contribution in [0.5, 0.6) is 0 Å². The molecule has 2 atom stereocenters. The van der Waals surface area contributed by atoms with Crippen LogP contribution in [-0.2, 0) is 16.0 Å². The van der Waals surface area contributed by atoms with Gasteiger partial charge in [-0.1, -0.05) is 6.07 Å². The van der Waals surface area contributed by atoms with Crippen LogP contribution < -0.4 is 5.32 Å². The summed E-state index contributed by atoms with van der Waals surface area (Å²) in [4.78, 5) is 18.0. The number of thiophene rings is 1. The van der Waals surface area contributed by atoms with Gasteiger partial charge >= 0.3 is 0 Å². The number of nitrogens with one attached hydrogen (secondary N) is 1. The van der Waals surface area contributed by atoms with Crippen LogP contribution in [0.3, 0.4) is 0 Å². The number of hydrogen-bond acceptors (Lipinski definition) is 5. The highest BCUT2D eigenvalue weighted by Crippen LogP contribution is 2.11. The van der Waals surface area contributed by atoms with Crippen LogP contribution in [0.1, 0.15) is 11.8 Å². The molecule has 1 N–H and O–H groups in total. The van der Waals surface area contributed by atoms with E-state index in [2.05, 4.69) is 26.6 Å². The van der Waals surface area contributed by atoms with Crippen molar-refractivity contribution in [1.82, 2.24) is 15.1 Å². The first-order valence-electron chi connectivity index (χ1n) is 7.86. The Morgan fingerprint density at radius 1 is 1.59 bits per heavy atom. The lowest BCUT2D eigenvalue weighted by Crippen LogP contribution is -2.54. The lowest BCUT2D eigenvalue weighted by molar-refractivity contribution is -0.129. The predicted molar refractivity (Wildman–Crippen MR) is 90.4 cm³/mol. The largest absolute Gasteiger partial charge is 0.374 e. The number of morpholine rings is 1. The van der Waals surface area contributed by atoms with Crippen LogP contribution in [0, 0.1) is 0 Å². The van der Waals surface area contributed by atoms with E-state index >= 15 is 0 Å². The Bertz CT molecular complexity index is 450. The number of carbonyl (C=O) groups is 1. The highest BCUT2D eigenvalue weighted by molar-refractivity contribution is 7.09. The van der Waals surface area contributed by atoms with E-state index in [0.717, 1.165) is 26.1 Å². The van der Waals surface area contributed by atoms with Crippen molar-refractivity contribution in [1.29, 1.82) is 0 Å². The molecule has 1 saturated heterocycles. The number of ether oxygens (including phenoxy) is 1. The smallest absolute Gasteiger partial charge is 0.237 e. The molecule has 1 aliphatic rings. The molecule has 1 aromatic heterocycles. The first-order chi connectivity index (χ1) is 10.6. The van der Waals surface area contributed by atoms with Gasteiger partial charge in [-0.25, -0.2) is 0 Å².